The highest BCUT2D eigenvalue weighted by Crippen LogP contribution is 2.30. The van der Waals surface area contributed by atoms with Gasteiger partial charge in [-0.2, -0.15) is 10.2 Å². The lowest BCUT2D eigenvalue weighted by Gasteiger charge is -2.37. The number of anilines is 1. The van der Waals surface area contributed by atoms with Gasteiger partial charge in [-0.15, -0.1) is 0 Å². The van der Waals surface area contributed by atoms with Crippen molar-refractivity contribution in [1.82, 2.24) is 30.1 Å². The quantitative estimate of drug-likeness (QED) is 0.592. The number of hydrazone groups is 1. The zero-order valence-electron chi connectivity index (χ0n) is 18.9. The Morgan fingerprint density at radius 2 is 1.97 bits per heavy atom. The summed E-state index contributed by atoms with van der Waals surface area (Å²) < 4.78 is 28.3. The minimum absolute atomic E-state index is 0.189. The number of benzene rings is 1. The van der Waals surface area contributed by atoms with Crippen molar-refractivity contribution >= 4 is 31.5 Å². The number of aromatic nitrogens is 4. The van der Waals surface area contributed by atoms with Gasteiger partial charge in [-0.25, -0.2) is 28.6 Å². The highest BCUT2D eigenvalue weighted by atomic mass is 19.1. The number of carbonyl (C=O) groups is 1. The fourth-order valence-corrected chi connectivity index (χ4v) is 4.37. The Labute approximate surface area is 195 Å². The minimum atomic E-state index is -0.521. The Morgan fingerprint density at radius 1 is 1.18 bits per heavy atom. The van der Waals surface area contributed by atoms with Gasteiger partial charge in [-0.1, -0.05) is 11.5 Å². The van der Waals surface area contributed by atoms with Crippen LogP contribution in [-0.4, -0.2) is 76.3 Å². The van der Waals surface area contributed by atoms with Gasteiger partial charge in [-0.3, -0.25) is 5.10 Å². The third-order valence-electron chi connectivity index (χ3n) is 6.13. The average Bonchev–Trinajstić information content (AvgIpc) is 3.48. The second-order valence-corrected chi connectivity index (χ2v) is 8.46. The third kappa shape index (κ3) is 4.11. The van der Waals surface area contributed by atoms with Gasteiger partial charge in [0.25, 0.3) is 0 Å². The Hall–Kier alpha value is -3.83. The standard InChI is InChI=1S/C22H23BF2N8O/c1-13-17(11-27-30-13)20-18(25)12-26-21(29-20)31-4-6-32(7-5-31)22(34)33-19(2-3-28-33)14-8-15(23)10-16(24)9-14/h3,8-12,19H,2,4-7,23H2,1H3,(H,27,30). The predicted octanol–water partition coefficient (Wildman–Crippen LogP) is 1.39. The molecular weight excluding hydrogens is 441 g/mol. The predicted molar refractivity (Wildman–Crippen MR) is 126 cm³/mol. The second-order valence-electron chi connectivity index (χ2n) is 8.46. The normalized spacial score (nSPS) is 18.1. The molecule has 1 unspecified atom stereocenters. The first-order chi connectivity index (χ1) is 16.4. The maximum atomic E-state index is 14.4. The largest absolute Gasteiger partial charge is 0.341 e. The number of urea groups is 1. The van der Waals surface area contributed by atoms with Crippen LogP contribution in [0.25, 0.3) is 11.3 Å². The van der Waals surface area contributed by atoms with Crippen LogP contribution in [0.2, 0.25) is 0 Å². The number of carbonyl (C=O) groups excluding carboxylic acids is 1. The van der Waals surface area contributed by atoms with Crippen molar-refractivity contribution in [2.24, 2.45) is 5.10 Å². The number of nitrogens with zero attached hydrogens (tertiary/aromatic N) is 7. The van der Waals surface area contributed by atoms with Gasteiger partial charge in [0, 0.05) is 50.6 Å². The Morgan fingerprint density at radius 3 is 2.68 bits per heavy atom. The number of aromatic amines is 1. The molecule has 1 saturated heterocycles. The number of piperazine rings is 1. The molecule has 12 heteroatoms. The zero-order chi connectivity index (χ0) is 23.8. The van der Waals surface area contributed by atoms with Crippen molar-refractivity contribution in [2.75, 3.05) is 31.1 Å². The average molecular weight is 464 g/mol. The monoisotopic (exact) mass is 464 g/mol. The molecule has 2 amide bonds. The molecule has 4 heterocycles. The smallest absolute Gasteiger partial charge is 0.337 e. The van der Waals surface area contributed by atoms with E-state index in [0.29, 0.717) is 49.8 Å². The molecule has 1 N–H and O–H groups in total. The highest BCUT2D eigenvalue weighted by molar-refractivity contribution is 6.32. The lowest BCUT2D eigenvalue weighted by atomic mass is 9.91. The number of hydrogen-bond acceptors (Lipinski definition) is 6. The number of amides is 2. The lowest BCUT2D eigenvalue weighted by molar-refractivity contribution is 0.139. The summed E-state index contributed by atoms with van der Waals surface area (Å²) in [6.07, 6.45) is 4.99. The molecule has 0 radical (unpaired) electrons. The summed E-state index contributed by atoms with van der Waals surface area (Å²) in [7, 11) is 1.82. The van der Waals surface area contributed by atoms with Crippen LogP contribution >= 0.6 is 0 Å². The molecule has 2 aliphatic rings. The molecule has 1 atom stereocenters. The van der Waals surface area contributed by atoms with Crippen LogP contribution in [0.3, 0.4) is 0 Å². The van der Waals surface area contributed by atoms with E-state index < -0.39 is 5.82 Å². The van der Waals surface area contributed by atoms with E-state index in [1.54, 1.807) is 24.2 Å². The van der Waals surface area contributed by atoms with Crippen LogP contribution in [0.15, 0.2) is 35.7 Å². The van der Waals surface area contributed by atoms with Crippen molar-refractivity contribution in [3.05, 3.63) is 53.5 Å². The molecule has 34 heavy (non-hydrogen) atoms. The fourth-order valence-electron chi connectivity index (χ4n) is 4.37. The van der Waals surface area contributed by atoms with Crippen molar-refractivity contribution in [1.29, 1.82) is 0 Å². The Bertz CT molecular complexity index is 1240. The maximum Gasteiger partial charge on any atom is 0.341 e. The fraction of sp³-hybridized carbons (Fsp3) is 0.318. The van der Waals surface area contributed by atoms with Crippen LogP contribution < -0.4 is 10.4 Å². The molecule has 5 rings (SSSR count). The van der Waals surface area contributed by atoms with Gasteiger partial charge in [-0.05, 0) is 24.6 Å². The summed E-state index contributed by atoms with van der Waals surface area (Å²) in [6.45, 7) is 3.61. The number of rotatable bonds is 3. The van der Waals surface area contributed by atoms with Crippen LogP contribution in [0, 0.1) is 18.6 Å². The van der Waals surface area contributed by atoms with E-state index in [0.717, 1.165) is 17.2 Å². The van der Waals surface area contributed by atoms with Crippen molar-refractivity contribution < 1.29 is 13.6 Å². The first-order valence-corrected chi connectivity index (χ1v) is 11.1. The van der Waals surface area contributed by atoms with E-state index in [1.807, 2.05) is 18.8 Å². The summed E-state index contributed by atoms with van der Waals surface area (Å²) in [5.41, 5.74) is 2.94. The van der Waals surface area contributed by atoms with Gasteiger partial charge < -0.3 is 9.80 Å². The van der Waals surface area contributed by atoms with Crippen LogP contribution in [0.4, 0.5) is 19.5 Å². The van der Waals surface area contributed by atoms with Crippen molar-refractivity contribution in [2.45, 2.75) is 19.4 Å². The van der Waals surface area contributed by atoms with Crippen LogP contribution in [0.5, 0.6) is 0 Å². The first-order valence-electron chi connectivity index (χ1n) is 11.1. The number of hydrogen-bond donors (Lipinski definition) is 1. The maximum absolute atomic E-state index is 14.4. The highest BCUT2D eigenvalue weighted by Gasteiger charge is 2.33. The van der Waals surface area contributed by atoms with E-state index in [4.69, 9.17) is 0 Å². The van der Waals surface area contributed by atoms with Gasteiger partial charge >= 0.3 is 6.03 Å². The summed E-state index contributed by atoms with van der Waals surface area (Å²) in [4.78, 5) is 25.4. The summed E-state index contributed by atoms with van der Waals surface area (Å²) in [6, 6.07) is 4.24. The first kappa shape index (κ1) is 22.0. The molecule has 0 bridgehead atoms. The number of H-pyrrole nitrogens is 1. The number of halogens is 2. The van der Waals surface area contributed by atoms with E-state index in [9.17, 15) is 13.6 Å². The van der Waals surface area contributed by atoms with Crippen LogP contribution in [-0.2, 0) is 0 Å². The summed E-state index contributed by atoms with van der Waals surface area (Å²) >= 11 is 0. The van der Waals surface area contributed by atoms with Gasteiger partial charge in [0.15, 0.2) is 5.82 Å². The van der Waals surface area contributed by atoms with Gasteiger partial charge in [0.05, 0.1) is 17.9 Å². The van der Waals surface area contributed by atoms with Gasteiger partial charge in [0.2, 0.25) is 5.95 Å². The van der Waals surface area contributed by atoms with E-state index in [1.165, 1.54) is 17.1 Å². The topological polar surface area (TPSA) is 93.6 Å². The SMILES string of the molecule is Bc1cc(F)cc(C2CC=NN2C(=O)N2CCN(c3ncc(F)c(-c4c[nH]nc4C)n3)CC2)c1. The Balaban J connectivity index is 1.28. The van der Waals surface area contributed by atoms with Crippen molar-refractivity contribution in [3.8, 4) is 11.3 Å². The molecule has 174 valence electrons. The number of nitrogens with one attached hydrogen (secondary N) is 1. The second kappa shape index (κ2) is 8.84. The van der Waals surface area contributed by atoms with Crippen molar-refractivity contribution in [3.63, 3.8) is 0 Å². The van der Waals surface area contributed by atoms with Gasteiger partial charge in [0.1, 0.15) is 19.4 Å². The van der Waals surface area contributed by atoms with E-state index >= 15 is 0 Å². The minimum Gasteiger partial charge on any atom is -0.337 e. The van der Waals surface area contributed by atoms with E-state index in [2.05, 4.69) is 25.3 Å². The molecule has 2 aliphatic heterocycles. The molecular formula is C22H23BF2N8O. The Kier molecular flexibility index (Phi) is 5.72. The molecule has 3 aromatic rings. The number of aryl methyl sites for hydroxylation is 1. The summed E-state index contributed by atoms with van der Waals surface area (Å²) in [5.74, 6) is -0.448. The molecule has 9 nitrogen and oxygen atoms in total. The third-order valence-corrected chi connectivity index (χ3v) is 6.13. The lowest BCUT2D eigenvalue weighted by Crippen LogP contribution is -2.52. The van der Waals surface area contributed by atoms with Crippen LogP contribution in [0.1, 0.15) is 23.7 Å². The molecule has 0 aliphatic carbocycles. The molecule has 2 aromatic heterocycles. The summed E-state index contributed by atoms with van der Waals surface area (Å²) in [5, 5.41) is 12.4. The molecule has 0 spiro atoms. The molecule has 1 fully saturated rings. The molecule has 0 saturated carbocycles. The molecule has 1 aromatic carbocycles. The van der Waals surface area contributed by atoms with E-state index in [-0.39, 0.29) is 23.6 Å². The zero-order valence-corrected chi connectivity index (χ0v) is 18.9.